The Kier molecular flexibility index (Phi) is 5.24. The van der Waals surface area contributed by atoms with Crippen LogP contribution >= 0.6 is 11.6 Å². The highest BCUT2D eigenvalue weighted by Crippen LogP contribution is 2.38. The molecule has 2 saturated heterocycles. The molecule has 128 valence electrons. The SMILES string of the molecule is COCCN1CCCC2(CCCN2CCn2cc(Cl)cn2)C1=O. The number of hydrogen-bond acceptors (Lipinski definition) is 4. The lowest BCUT2D eigenvalue weighted by Crippen LogP contribution is -2.60. The summed E-state index contributed by atoms with van der Waals surface area (Å²) in [4.78, 5) is 17.4. The molecule has 0 radical (unpaired) electrons. The molecule has 0 N–H and O–H groups in total. The Morgan fingerprint density at radius 3 is 2.74 bits per heavy atom. The van der Waals surface area contributed by atoms with E-state index >= 15 is 0 Å². The molecule has 0 aliphatic carbocycles. The third kappa shape index (κ3) is 3.39. The van der Waals surface area contributed by atoms with Gasteiger partial charge in [-0.15, -0.1) is 0 Å². The Labute approximate surface area is 142 Å². The summed E-state index contributed by atoms with van der Waals surface area (Å²) in [6.07, 6.45) is 7.57. The van der Waals surface area contributed by atoms with Crippen molar-refractivity contribution in [2.45, 2.75) is 37.8 Å². The number of likely N-dealkylation sites (tertiary alicyclic amines) is 2. The van der Waals surface area contributed by atoms with Gasteiger partial charge in [-0.1, -0.05) is 11.6 Å². The molecule has 23 heavy (non-hydrogen) atoms. The van der Waals surface area contributed by atoms with Crippen LogP contribution in [0.25, 0.3) is 0 Å². The van der Waals surface area contributed by atoms with Gasteiger partial charge in [-0.3, -0.25) is 14.4 Å². The minimum Gasteiger partial charge on any atom is -0.383 e. The van der Waals surface area contributed by atoms with Crippen molar-refractivity contribution in [2.24, 2.45) is 0 Å². The van der Waals surface area contributed by atoms with Gasteiger partial charge in [0.05, 0.1) is 24.4 Å². The molecular formula is C16H25ClN4O2. The Bertz CT molecular complexity index is 550. The largest absolute Gasteiger partial charge is 0.383 e. The van der Waals surface area contributed by atoms with Crippen molar-refractivity contribution in [2.75, 3.05) is 39.9 Å². The van der Waals surface area contributed by atoms with Crippen LogP contribution in [0.1, 0.15) is 25.7 Å². The van der Waals surface area contributed by atoms with Gasteiger partial charge in [0.15, 0.2) is 0 Å². The number of hydrogen-bond donors (Lipinski definition) is 0. The predicted molar refractivity (Wildman–Crippen MR) is 88.5 cm³/mol. The van der Waals surface area contributed by atoms with Gasteiger partial charge in [-0.25, -0.2) is 0 Å². The van der Waals surface area contributed by atoms with Gasteiger partial charge < -0.3 is 9.64 Å². The summed E-state index contributed by atoms with van der Waals surface area (Å²) in [5.74, 6) is 0.289. The van der Waals surface area contributed by atoms with E-state index in [4.69, 9.17) is 16.3 Å². The fraction of sp³-hybridized carbons (Fsp3) is 0.750. The Morgan fingerprint density at radius 1 is 1.26 bits per heavy atom. The molecule has 3 rings (SSSR count). The molecule has 1 aromatic rings. The molecule has 1 aromatic heterocycles. The van der Waals surface area contributed by atoms with Crippen LogP contribution in [0.4, 0.5) is 0 Å². The van der Waals surface area contributed by atoms with Gasteiger partial charge in [0.2, 0.25) is 5.91 Å². The number of piperidine rings is 1. The highest BCUT2D eigenvalue weighted by molar-refractivity contribution is 6.30. The number of carbonyl (C=O) groups excluding carboxylic acids is 1. The van der Waals surface area contributed by atoms with Crippen LogP contribution in [0.2, 0.25) is 5.02 Å². The van der Waals surface area contributed by atoms with Crippen LogP contribution in [0, 0.1) is 0 Å². The van der Waals surface area contributed by atoms with E-state index < -0.39 is 0 Å². The third-order valence-electron chi connectivity index (χ3n) is 5.09. The van der Waals surface area contributed by atoms with E-state index in [-0.39, 0.29) is 11.4 Å². The minimum atomic E-state index is -0.303. The molecule has 2 aliphatic heterocycles. The molecule has 2 fully saturated rings. The summed E-state index contributed by atoms with van der Waals surface area (Å²) < 4.78 is 7.00. The number of ether oxygens (including phenoxy) is 1. The first-order chi connectivity index (χ1) is 11.2. The van der Waals surface area contributed by atoms with E-state index in [1.165, 1.54) is 0 Å². The zero-order valence-electron chi connectivity index (χ0n) is 13.7. The molecule has 7 heteroatoms. The summed E-state index contributed by atoms with van der Waals surface area (Å²) in [5.41, 5.74) is -0.303. The lowest BCUT2D eigenvalue weighted by Gasteiger charge is -2.44. The number of aromatic nitrogens is 2. The highest BCUT2D eigenvalue weighted by atomic mass is 35.5. The number of methoxy groups -OCH3 is 1. The van der Waals surface area contributed by atoms with Crippen molar-refractivity contribution in [1.82, 2.24) is 19.6 Å². The van der Waals surface area contributed by atoms with E-state index in [1.54, 1.807) is 13.3 Å². The Morgan fingerprint density at radius 2 is 2.04 bits per heavy atom. The van der Waals surface area contributed by atoms with Crippen molar-refractivity contribution < 1.29 is 9.53 Å². The van der Waals surface area contributed by atoms with Crippen molar-refractivity contribution in [1.29, 1.82) is 0 Å². The van der Waals surface area contributed by atoms with Gasteiger partial charge in [-0.05, 0) is 32.2 Å². The smallest absolute Gasteiger partial charge is 0.243 e. The zero-order valence-corrected chi connectivity index (χ0v) is 14.5. The van der Waals surface area contributed by atoms with E-state index in [0.29, 0.717) is 18.2 Å². The van der Waals surface area contributed by atoms with Gasteiger partial charge in [0.1, 0.15) is 5.54 Å². The van der Waals surface area contributed by atoms with E-state index in [1.807, 2.05) is 15.8 Å². The minimum absolute atomic E-state index is 0.289. The van der Waals surface area contributed by atoms with E-state index in [9.17, 15) is 4.79 Å². The molecule has 0 bridgehead atoms. The molecule has 0 aromatic carbocycles. The molecule has 2 aliphatic rings. The zero-order chi connectivity index (χ0) is 16.3. The molecule has 1 amide bonds. The number of nitrogens with zero attached hydrogens (tertiary/aromatic N) is 4. The van der Waals surface area contributed by atoms with Crippen molar-refractivity contribution in [3.63, 3.8) is 0 Å². The first kappa shape index (κ1) is 16.7. The number of halogens is 1. The molecule has 0 saturated carbocycles. The summed E-state index contributed by atoms with van der Waals surface area (Å²) in [6, 6.07) is 0. The summed E-state index contributed by atoms with van der Waals surface area (Å²) in [7, 11) is 1.68. The normalized spacial score (nSPS) is 25.7. The predicted octanol–water partition coefficient (Wildman–Crippen LogP) is 1.64. The monoisotopic (exact) mass is 340 g/mol. The van der Waals surface area contributed by atoms with Gasteiger partial charge in [0.25, 0.3) is 0 Å². The topological polar surface area (TPSA) is 50.6 Å². The van der Waals surface area contributed by atoms with Crippen LogP contribution in [-0.4, -0.2) is 70.9 Å². The highest BCUT2D eigenvalue weighted by Gasteiger charge is 2.50. The van der Waals surface area contributed by atoms with Gasteiger partial charge in [-0.2, -0.15) is 5.10 Å². The van der Waals surface area contributed by atoms with Crippen LogP contribution in [-0.2, 0) is 16.1 Å². The van der Waals surface area contributed by atoms with Crippen LogP contribution in [0.3, 0.4) is 0 Å². The number of rotatable bonds is 6. The maximum atomic E-state index is 13.1. The lowest BCUT2D eigenvalue weighted by molar-refractivity contribution is -0.148. The van der Waals surface area contributed by atoms with E-state index in [0.717, 1.165) is 51.9 Å². The summed E-state index contributed by atoms with van der Waals surface area (Å²) >= 11 is 5.92. The third-order valence-corrected chi connectivity index (χ3v) is 5.29. The Hall–Kier alpha value is -1.11. The fourth-order valence-electron chi connectivity index (χ4n) is 3.95. The van der Waals surface area contributed by atoms with Gasteiger partial charge >= 0.3 is 0 Å². The number of carbonyl (C=O) groups is 1. The summed E-state index contributed by atoms with van der Waals surface area (Å²) in [6.45, 7) is 4.74. The van der Waals surface area contributed by atoms with E-state index in [2.05, 4.69) is 10.00 Å². The quantitative estimate of drug-likeness (QED) is 0.790. The average Bonchev–Trinajstić information content (AvgIpc) is 3.14. The average molecular weight is 341 g/mol. The van der Waals surface area contributed by atoms with Gasteiger partial charge in [0, 0.05) is 32.9 Å². The van der Waals surface area contributed by atoms with Crippen molar-refractivity contribution in [3.05, 3.63) is 17.4 Å². The number of amides is 1. The first-order valence-electron chi connectivity index (χ1n) is 8.37. The van der Waals surface area contributed by atoms with Crippen LogP contribution < -0.4 is 0 Å². The fourth-order valence-corrected chi connectivity index (χ4v) is 4.11. The second-order valence-electron chi connectivity index (χ2n) is 6.43. The Balaban J connectivity index is 1.67. The second kappa shape index (κ2) is 7.20. The lowest BCUT2D eigenvalue weighted by atomic mass is 9.85. The standard InChI is InChI=1S/C16H25ClN4O2/c1-23-11-10-19-6-2-4-16(15(19)22)5-3-7-20(16)8-9-21-13-14(17)12-18-21/h12-13H,2-11H2,1H3. The molecule has 6 nitrogen and oxygen atoms in total. The van der Waals surface area contributed by atoms with Crippen LogP contribution in [0.5, 0.6) is 0 Å². The molecule has 1 atom stereocenters. The molecule has 1 unspecified atom stereocenters. The molecule has 1 spiro atoms. The maximum absolute atomic E-state index is 13.1. The summed E-state index contributed by atoms with van der Waals surface area (Å²) in [5, 5.41) is 4.88. The van der Waals surface area contributed by atoms with Crippen molar-refractivity contribution in [3.8, 4) is 0 Å². The van der Waals surface area contributed by atoms with Crippen molar-refractivity contribution >= 4 is 17.5 Å². The second-order valence-corrected chi connectivity index (χ2v) is 6.87. The molecule has 3 heterocycles. The maximum Gasteiger partial charge on any atom is 0.243 e. The molecular weight excluding hydrogens is 316 g/mol. The first-order valence-corrected chi connectivity index (χ1v) is 8.75. The van der Waals surface area contributed by atoms with Crippen LogP contribution in [0.15, 0.2) is 12.4 Å².